The zero-order valence-corrected chi connectivity index (χ0v) is 13.8. The molecule has 6 nitrogen and oxygen atoms in total. The van der Waals surface area contributed by atoms with Crippen LogP contribution in [0.15, 0.2) is 24.8 Å². The summed E-state index contributed by atoms with van der Waals surface area (Å²) in [5.41, 5.74) is 2.00. The Balaban J connectivity index is 2.04. The number of hydrogen-bond donors (Lipinski definition) is 2. The Hall–Kier alpha value is -2.08. The first-order chi connectivity index (χ1) is 11.2. The summed E-state index contributed by atoms with van der Waals surface area (Å²) in [6, 6.07) is 3.79. The van der Waals surface area contributed by atoms with E-state index in [4.69, 9.17) is 5.11 Å². The Bertz CT molecular complexity index is 541. The van der Waals surface area contributed by atoms with Gasteiger partial charge >= 0.3 is 6.03 Å². The van der Waals surface area contributed by atoms with Gasteiger partial charge in [0, 0.05) is 44.0 Å². The van der Waals surface area contributed by atoms with Crippen molar-refractivity contribution < 1.29 is 9.90 Å². The molecule has 1 aromatic heterocycles. The highest BCUT2D eigenvalue weighted by atomic mass is 16.3. The summed E-state index contributed by atoms with van der Waals surface area (Å²) >= 11 is 0. The molecule has 0 spiro atoms. The molecular formula is C17H26N4O2. The first-order valence-electron chi connectivity index (χ1n) is 8.11. The predicted molar refractivity (Wildman–Crippen MR) is 91.5 cm³/mol. The van der Waals surface area contributed by atoms with Gasteiger partial charge in [0.1, 0.15) is 5.82 Å². The van der Waals surface area contributed by atoms with Crippen LogP contribution in [0.5, 0.6) is 0 Å². The lowest BCUT2D eigenvalue weighted by molar-refractivity contribution is 0.183. The third-order valence-electron chi connectivity index (χ3n) is 3.94. The Kier molecular flexibility index (Phi) is 6.40. The molecule has 0 saturated carbocycles. The number of aromatic nitrogens is 1. The lowest BCUT2D eigenvalue weighted by Gasteiger charge is -2.23. The summed E-state index contributed by atoms with van der Waals surface area (Å²) in [7, 11) is 0. The fourth-order valence-electron chi connectivity index (χ4n) is 2.75. The quantitative estimate of drug-likeness (QED) is 0.751. The van der Waals surface area contributed by atoms with Gasteiger partial charge in [-0.05, 0) is 25.8 Å². The zero-order chi connectivity index (χ0) is 16.7. The van der Waals surface area contributed by atoms with Crippen LogP contribution in [0.2, 0.25) is 0 Å². The minimum Gasteiger partial charge on any atom is -0.395 e. The van der Waals surface area contributed by atoms with Crippen molar-refractivity contribution >= 4 is 11.8 Å². The summed E-state index contributed by atoms with van der Waals surface area (Å²) in [6.07, 6.45) is 4.02. The summed E-state index contributed by atoms with van der Waals surface area (Å²) in [5.74, 6) is 0.972. The highest BCUT2D eigenvalue weighted by molar-refractivity contribution is 5.74. The summed E-state index contributed by atoms with van der Waals surface area (Å²) < 4.78 is 0. The maximum absolute atomic E-state index is 12.2. The number of aliphatic hydroxyl groups excluding tert-OH is 1. The summed E-state index contributed by atoms with van der Waals surface area (Å²) in [4.78, 5) is 20.7. The van der Waals surface area contributed by atoms with Gasteiger partial charge in [-0.2, -0.15) is 0 Å². The minimum atomic E-state index is -0.202. The molecule has 23 heavy (non-hydrogen) atoms. The van der Waals surface area contributed by atoms with E-state index in [9.17, 15) is 4.79 Å². The molecule has 2 heterocycles. The number of nitrogens with one attached hydrogen (secondary N) is 1. The molecule has 1 fully saturated rings. The van der Waals surface area contributed by atoms with Crippen LogP contribution < -0.4 is 10.2 Å². The predicted octanol–water partition coefficient (Wildman–Crippen LogP) is 1.68. The molecule has 0 atom stereocenters. The van der Waals surface area contributed by atoms with Gasteiger partial charge in [-0.3, -0.25) is 0 Å². The van der Waals surface area contributed by atoms with Crippen LogP contribution in [-0.2, 0) is 6.54 Å². The first-order valence-corrected chi connectivity index (χ1v) is 8.11. The molecule has 2 N–H and O–H groups in total. The molecule has 1 saturated heterocycles. The van der Waals surface area contributed by atoms with E-state index in [-0.39, 0.29) is 12.6 Å². The van der Waals surface area contributed by atoms with Gasteiger partial charge in [-0.15, -0.1) is 6.58 Å². The largest absolute Gasteiger partial charge is 0.395 e. The molecule has 2 rings (SSSR count). The fourth-order valence-corrected chi connectivity index (χ4v) is 2.75. The molecule has 6 heteroatoms. The van der Waals surface area contributed by atoms with E-state index in [2.05, 4.69) is 21.8 Å². The third-order valence-corrected chi connectivity index (χ3v) is 3.94. The van der Waals surface area contributed by atoms with E-state index in [1.807, 2.05) is 19.1 Å². The zero-order valence-electron chi connectivity index (χ0n) is 13.8. The molecule has 0 bridgehead atoms. The normalized spacial score (nSPS) is 13.9. The summed E-state index contributed by atoms with van der Waals surface area (Å²) in [5, 5.41) is 12.0. The molecule has 1 aromatic rings. The van der Waals surface area contributed by atoms with Gasteiger partial charge in [0.15, 0.2) is 0 Å². The number of aryl methyl sites for hydroxylation is 1. The number of aliphatic hydroxyl groups is 1. The van der Waals surface area contributed by atoms with Crippen LogP contribution in [0, 0.1) is 6.92 Å². The first kappa shape index (κ1) is 17.3. The average Bonchev–Trinajstić information content (AvgIpc) is 3.07. The van der Waals surface area contributed by atoms with Gasteiger partial charge in [0.25, 0.3) is 0 Å². The molecule has 126 valence electrons. The van der Waals surface area contributed by atoms with E-state index < -0.39 is 0 Å². The van der Waals surface area contributed by atoms with E-state index in [1.165, 1.54) is 17.7 Å². The SMILES string of the molecule is C=CCN(CCO)C(=O)NCc1ccc(C)nc1N1CCCC1. The Morgan fingerprint density at radius 1 is 1.48 bits per heavy atom. The van der Waals surface area contributed by atoms with Crippen molar-refractivity contribution in [1.29, 1.82) is 0 Å². The van der Waals surface area contributed by atoms with Crippen molar-refractivity contribution in [2.75, 3.05) is 37.7 Å². The number of rotatable bonds is 7. The molecule has 2 amide bonds. The van der Waals surface area contributed by atoms with Crippen molar-refractivity contribution in [3.63, 3.8) is 0 Å². The van der Waals surface area contributed by atoms with E-state index in [1.54, 1.807) is 6.08 Å². The Labute approximate surface area is 137 Å². The second-order valence-corrected chi connectivity index (χ2v) is 5.75. The topological polar surface area (TPSA) is 68.7 Å². The number of nitrogens with zero attached hydrogens (tertiary/aromatic N) is 3. The standard InChI is InChI=1S/C17H26N4O2/c1-3-8-21(11-12-22)17(23)18-13-15-7-6-14(2)19-16(15)20-9-4-5-10-20/h3,6-7,22H,1,4-5,8-13H2,2H3,(H,18,23). The highest BCUT2D eigenvalue weighted by Crippen LogP contribution is 2.22. The van der Waals surface area contributed by atoms with E-state index >= 15 is 0 Å². The number of carbonyl (C=O) groups is 1. The third kappa shape index (κ3) is 4.69. The lowest BCUT2D eigenvalue weighted by atomic mass is 10.2. The molecular weight excluding hydrogens is 292 g/mol. The molecule has 0 aliphatic carbocycles. The van der Waals surface area contributed by atoms with Gasteiger partial charge in [0.05, 0.1) is 6.61 Å². The average molecular weight is 318 g/mol. The minimum absolute atomic E-state index is 0.0631. The van der Waals surface area contributed by atoms with Crippen LogP contribution in [0.1, 0.15) is 24.1 Å². The van der Waals surface area contributed by atoms with Gasteiger partial charge in [0.2, 0.25) is 0 Å². The number of anilines is 1. The Morgan fingerprint density at radius 2 is 2.22 bits per heavy atom. The van der Waals surface area contributed by atoms with Crippen molar-refractivity contribution in [2.24, 2.45) is 0 Å². The van der Waals surface area contributed by atoms with Crippen molar-refractivity contribution in [3.05, 3.63) is 36.0 Å². The number of urea groups is 1. The highest BCUT2D eigenvalue weighted by Gasteiger charge is 2.18. The van der Waals surface area contributed by atoms with Crippen molar-refractivity contribution in [1.82, 2.24) is 15.2 Å². The second-order valence-electron chi connectivity index (χ2n) is 5.75. The van der Waals surface area contributed by atoms with Gasteiger partial charge < -0.3 is 20.2 Å². The molecule has 0 radical (unpaired) electrons. The maximum atomic E-state index is 12.2. The molecule has 0 unspecified atom stereocenters. The lowest BCUT2D eigenvalue weighted by Crippen LogP contribution is -2.41. The van der Waals surface area contributed by atoms with Gasteiger partial charge in [-0.25, -0.2) is 9.78 Å². The van der Waals surface area contributed by atoms with Crippen LogP contribution in [0.3, 0.4) is 0 Å². The molecule has 0 aromatic carbocycles. The second kappa shape index (κ2) is 8.53. The number of carbonyl (C=O) groups excluding carboxylic acids is 1. The van der Waals surface area contributed by atoms with E-state index in [0.29, 0.717) is 19.6 Å². The molecule has 1 aliphatic rings. The van der Waals surface area contributed by atoms with Crippen LogP contribution in [0.25, 0.3) is 0 Å². The maximum Gasteiger partial charge on any atom is 0.318 e. The monoisotopic (exact) mass is 318 g/mol. The number of amides is 2. The van der Waals surface area contributed by atoms with Crippen molar-refractivity contribution in [3.8, 4) is 0 Å². The summed E-state index contributed by atoms with van der Waals surface area (Å²) in [6.45, 7) is 8.73. The molecule has 1 aliphatic heterocycles. The van der Waals surface area contributed by atoms with Crippen LogP contribution in [0.4, 0.5) is 10.6 Å². The fraction of sp³-hybridized carbons (Fsp3) is 0.529. The number of hydrogen-bond acceptors (Lipinski definition) is 4. The Morgan fingerprint density at radius 3 is 2.87 bits per heavy atom. The van der Waals surface area contributed by atoms with Crippen molar-refractivity contribution in [2.45, 2.75) is 26.3 Å². The van der Waals surface area contributed by atoms with Crippen LogP contribution in [-0.4, -0.2) is 53.8 Å². The van der Waals surface area contributed by atoms with E-state index in [0.717, 1.165) is 30.2 Å². The van der Waals surface area contributed by atoms with Gasteiger partial charge in [-0.1, -0.05) is 12.1 Å². The smallest absolute Gasteiger partial charge is 0.318 e. The number of pyridine rings is 1. The van der Waals surface area contributed by atoms with Crippen LogP contribution >= 0.6 is 0 Å².